The fraction of sp³-hybridized carbons (Fsp3) is 0.125. The van der Waals surface area contributed by atoms with Gasteiger partial charge in [-0.05, 0) is 42.5 Å². The van der Waals surface area contributed by atoms with Crippen molar-refractivity contribution in [3.05, 3.63) is 102 Å². The summed E-state index contributed by atoms with van der Waals surface area (Å²) in [5.74, 6) is 0.493. The van der Waals surface area contributed by atoms with Crippen LogP contribution in [0.2, 0.25) is 0 Å². The number of pyridine rings is 2. The molecule has 0 spiro atoms. The zero-order valence-corrected chi connectivity index (χ0v) is 16.8. The summed E-state index contributed by atoms with van der Waals surface area (Å²) in [7, 11) is 0. The van der Waals surface area contributed by atoms with Gasteiger partial charge in [0.15, 0.2) is 0 Å². The van der Waals surface area contributed by atoms with Gasteiger partial charge in [-0.3, -0.25) is 4.79 Å². The number of fused-ring (bicyclic) bond motifs is 2. The van der Waals surface area contributed by atoms with Gasteiger partial charge in [0.1, 0.15) is 23.7 Å². The van der Waals surface area contributed by atoms with Crippen molar-refractivity contribution in [1.82, 2.24) is 24.1 Å². The molecule has 0 radical (unpaired) electrons. The van der Waals surface area contributed by atoms with Crippen LogP contribution < -0.4 is 10.1 Å². The van der Waals surface area contributed by atoms with Gasteiger partial charge < -0.3 is 18.9 Å². The topological polar surface area (TPSA) is 72.9 Å². The third-order valence-electron chi connectivity index (χ3n) is 4.98. The van der Waals surface area contributed by atoms with Gasteiger partial charge >= 0.3 is 0 Å². The lowest BCUT2D eigenvalue weighted by atomic mass is 10.2. The number of imidazole rings is 2. The largest absolute Gasteiger partial charge is 0.487 e. The van der Waals surface area contributed by atoms with Gasteiger partial charge in [0.2, 0.25) is 0 Å². The Morgan fingerprint density at radius 2 is 1.58 bits per heavy atom. The Balaban J connectivity index is 1.17. The lowest BCUT2D eigenvalue weighted by molar-refractivity contribution is 0.0953. The van der Waals surface area contributed by atoms with Crippen LogP contribution in [0.4, 0.5) is 0 Å². The van der Waals surface area contributed by atoms with E-state index in [-0.39, 0.29) is 5.91 Å². The molecule has 0 aliphatic rings. The zero-order chi connectivity index (χ0) is 21.0. The summed E-state index contributed by atoms with van der Waals surface area (Å²) < 4.78 is 9.77. The van der Waals surface area contributed by atoms with Crippen LogP contribution in [0.1, 0.15) is 21.7 Å². The quantitative estimate of drug-likeness (QED) is 0.445. The molecule has 1 N–H and O–H groups in total. The molecule has 0 aliphatic heterocycles. The first-order valence-corrected chi connectivity index (χ1v) is 10.1. The number of carbonyl (C=O) groups excluding carboxylic acids is 1. The molecule has 5 rings (SSSR count). The molecule has 5 aromatic rings. The zero-order valence-electron chi connectivity index (χ0n) is 16.8. The van der Waals surface area contributed by atoms with E-state index < -0.39 is 0 Å². The highest BCUT2D eigenvalue weighted by Crippen LogP contribution is 2.16. The molecule has 31 heavy (non-hydrogen) atoms. The number of rotatable bonds is 7. The van der Waals surface area contributed by atoms with E-state index in [4.69, 9.17) is 4.74 Å². The smallest absolute Gasteiger partial charge is 0.251 e. The second-order valence-electron chi connectivity index (χ2n) is 7.22. The van der Waals surface area contributed by atoms with Crippen molar-refractivity contribution >= 4 is 17.2 Å². The van der Waals surface area contributed by atoms with E-state index in [9.17, 15) is 4.79 Å². The van der Waals surface area contributed by atoms with E-state index >= 15 is 0 Å². The van der Waals surface area contributed by atoms with Crippen molar-refractivity contribution in [2.75, 3.05) is 6.54 Å². The standard InChI is InChI=1S/C24H21N5O2/c30-24(25-11-10-19-15-28-12-3-1-8-22(28)26-19)18-6-5-7-21(14-18)31-17-20-16-29-13-4-2-9-23(29)27-20/h1-9,12-16H,10-11,17H2,(H,25,30). The number of benzene rings is 1. The average molecular weight is 411 g/mol. The highest BCUT2D eigenvalue weighted by Gasteiger charge is 2.08. The van der Waals surface area contributed by atoms with Crippen molar-refractivity contribution in [3.8, 4) is 5.75 Å². The fourth-order valence-electron chi connectivity index (χ4n) is 3.45. The Labute approximate surface area is 179 Å². The molecular formula is C24H21N5O2. The van der Waals surface area contributed by atoms with Crippen LogP contribution in [-0.4, -0.2) is 31.2 Å². The third-order valence-corrected chi connectivity index (χ3v) is 4.98. The van der Waals surface area contributed by atoms with Crippen LogP contribution in [0.15, 0.2) is 85.5 Å². The maximum absolute atomic E-state index is 12.5. The number of nitrogens with zero attached hydrogens (tertiary/aromatic N) is 4. The van der Waals surface area contributed by atoms with Gasteiger partial charge in [0.05, 0.1) is 11.4 Å². The number of amides is 1. The molecule has 7 heteroatoms. The van der Waals surface area contributed by atoms with Crippen molar-refractivity contribution in [1.29, 1.82) is 0 Å². The lowest BCUT2D eigenvalue weighted by Gasteiger charge is -2.07. The molecule has 7 nitrogen and oxygen atoms in total. The molecule has 4 aromatic heterocycles. The van der Waals surface area contributed by atoms with Crippen LogP contribution in [-0.2, 0) is 13.0 Å². The van der Waals surface area contributed by atoms with Gasteiger partial charge in [-0.25, -0.2) is 9.97 Å². The number of hydrogen-bond acceptors (Lipinski definition) is 4. The van der Waals surface area contributed by atoms with Gasteiger partial charge in [-0.2, -0.15) is 0 Å². The number of aromatic nitrogens is 4. The molecule has 0 unspecified atom stereocenters. The lowest BCUT2D eigenvalue weighted by Crippen LogP contribution is -2.25. The minimum Gasteiger partial charge on any atom is -0.487 e. The van der Waals surface area contributed by atoms with Crippen LogP contribution in [0.25, 0.3) is 11.3 Å². The SMILES string of the molecule is O=C(NCCc1cn2ccccc2n1)c1cccc(OCc2cn3ccccc3n2)c1. The van der Waals surface area contributed by atoms with Crippen molar-refractivity contribution in [3.63, 3.8) is 0 Å². The minimum atomic E-state index is -0.137. The molecule has 0 atom stereocenters. The Bertz CT molecular complexity index is 1290. The summed E-state index contributed by atoms with van der Waals surface area (Å²) >= 11 is 0. The maximum atomic E-state index is 12.5. The molecule has 4 heterocycles. The van der Waals surface area contributed by atoms with Crippen LogP contribution >= 0.6 is 0 Å². The summed E-state index contributed by atoms with van der Waals surface area (Å²) in [6.45, 7) is 0.843. The molecule has 0 saturated heterocycles. The minimum absolute atomic E-state index is 0.137. The molecule has 1 aromatic carbocycles. The predicted octanol–water partition coefficient (Wildman–Crippen LogP) is 3.53. The Kier molecular flexibility index (Phi) is 5.06. The molecular weight excluding hydrogens is 390 g/mol. The monoisotopic (exact) mass is 411 g/mol. The van der Waals surface area contributed by atoms with E-state index in [1.54, 1.807) is 12.1 Å². The molecule has 0 aliphatic carbocycles. The number of ether oxygens (including phenoxy) is 1. The van der Waals surface area contributed by atoms with Gasteiger partial charge in [-0.15, -0.1) is 0 Å². The molecule has 0 fully saturated rings. The first-order valence-electron chi connectivity index (χ1n) is 10.1. The highest BCUT2D eigenvalue weighted by molar-refractivity contribution is 5.94. The summed E-state index contributed by atoms with van der Waals surface area (Å²) in [6, 6.07) is 18.9. The van der Waals surface area contributed by atoms with Crippen LogP contribution in [0, 0.1) is 0 Å². The van der Waals surface area contributed by atoms with E-state index in [0.29, 0.717) is 30.9 Å². The second kappa shape index (κ2) is 8.31. The van der Waals surface area contributed by atoms with E-state index in [1.165, 1.54) is 0 Å². The number of carbonyl (C=O) groups is 1. The summed E-state index contributed by atoms with van der Waals surface area (Å²) in [5.41, 5.74) is 4.10. The van der Waals surface area contributed by atoms with E-state index in [0.717, 1.165) is 22.7 Å². The first-order chi connectivity index (χ1) is 15.2. The molecule has 154 valence electrons. The molecule has 0 bridgehead atoms. The normalized spacial score (nSPS) is 11.1. The highest BCUT2D eigenvalue weighted by atomic mass is 16.5. The Hall–Kier alpha value is -4.13. The maximum Gasteiger partial charge on any atom is 0.251 e. The summed E-state index contributed by atoms with van der Waals surface area (Å²) in [4.78, 5) is 21.6. The summed E-state index contributed by atoms with van der Waals surface area (Å²) in [6.07, 6.45) is 8.49. The van der Waals surface area contributed by atoms with Crippen LogP contribution in [0.3, 0.4) is 0 Å². The average Bonchev–Trinajstić information content (AvgIpc) is 3.41. The van der Waals surface area contributed by atoms with Crippen molar-refractivity contribution in [2.45, 2.75) is 13.0 Å². The van der Waals surface area contributed by atoms with Crippen LogP contribution in [0.5, 0.6) is 5.75 Å². The van der Waals surface area contributed by atoms with E-state index in [2.05, 4.69) is 15.3 Å². The van der Waals surface area contributed by atoms with E-state index in [1.807, 2.05) is 82.1 Å². The van der Waals surface area contributed by atoms with Crippen molar-refractivity contribution < 1.29 is 9.53 Å². The molecule has 1 amide bonds. The third kappa shape index (κ3) is 4.25. The fourth-order valence-corrected chi connectivity index (χ4v) is 3.45. The first kappa shape index (κ1) is 18.9. The molecule has 0 saturated carbocycles. The second-order valence-corrected chi connectivity index (χ2v) is 7.22. The van der Waals surface area contributed by atoms with Crippen molar-refractivity contribution in [2.24, 2.45) is 0 Å². The Morgan fingerprint density at radius 1 is 0.871 bits per heavy atom. The predicted molar refractivity (Wildman–Crippen MR) is 117 cm³/mol. The number of hydrogen-bond donors (Lipinski definition) is 1. The summed E-state index contributed by atoms with van der Waals surface area (Å²) in [5, 5.41) is 2.95. The van der Waals surface area contributed by atoms with Gasteiger partial charge in [0.25, 0.3) is 5.91 Å². The number of nitrogens with one attached hydrogen (secondary N) is 1. The van der Waals surface area contributed by atoms with Gasteiger partial charge in [0, 0.05) is 43.3 Å². The van der Waals surface area contributed by atoms with Gasteiger partial charge in [-0.1, -0.05) is 18.2 Å². The Morgan fingerprint density at radius 3 is 2.32 bits per heavy atom.